The molecular formula is C25H21ClN2OS2. The molecule has 0 saturated heterocycles. The molecule has 0 bridgehead atoms. The molecule has 3 heterocycles. The third-order valence-corrected chi connectivity index (χ3v) is 7.72. The lowest BCUT2D eigenvalue weighted by Gasteiger charge is -2.28. The molecule has 1 amide bonds. The van der Waals surface area contributed by atoms with Crippen LogP contribution in [0.1, 0.15) is 40.6 Å². The number of carbonyl (C=O) groups excluding carboxylic acids is 1. The number of carbonyl (C=O) groups is 1. The number of hydrazone groups is 1. The molecule has 3 aromatic rings. The van der Waals surface area contributed by atoms with E-state index >= 15 is 0 Å². The monoisotopic (exact) mass is 464 g/mol. The molecule has 1 saturated carbocycles. The second-order valence-corrected chi connectivity index (χ2v) is 10.1. The van der Waals surface area contributed by atoms with Crippen LogP contribution in [0.25, 0.3) is 12.2 Å². The molecular weight excluding hydrogens is 444 g/mol. The summed E-state index contributed by atoms with van der Waals surface area (Å²) in [5, 5.41) is 11.5. The molecule has 1 aliphatic heterocycles. The fourth-order valence-corrected chi connectivity index (χ4v) is 5.97. The minimum absolute atomic E-state index is 0.0376. The first-order chi connectivity index (χ1) is 15.2. The number of rotatable bonds is 4. The molecule has 2 aliphatic rings. The van der Waals surface area contributed by atoms with Crippen LogP contribution in [0.4, 0.5) is 0 Å². The summed E-state index contributed by atoms with van der Waals surface area (Å²) in [7, 11) is 0. The second-order valence-electron chi connectivity index (χ2n) is 7.70. The lowest BCUT2D eigenvalue weighted by Crippen LogP contribution is -2.30. The number of halogens is 1. The first-order valence-corrected chi connectivity index (χ1v) is 12.5. The van der Waals surface area contributed by atoms with Gasteiger partial charge in [0.1, 0.15) is 0 Å². The van der Waals surface area contributed by atoms with Gasteiger partial charge >= 0.3 is 0 Å². The molecule has 6 heteroatoms. The van der Waals surface area contributed by atoms with E-state index in [1.165, 1.54) is 15.3 Å². The Morgan fingerprint density at radius 3 is 2.65 bits per heavy atom. The Kier molecular flexibility index (Phi) is 5.90. The maximum Gasteiger partial charge on any atom is 0.267 e. The Balaban J connectivity index is 1.48. The van der Waals surface area contributed by atoms with Gasteiger partial charge in [-0.05, 0) is 77.6 Å². The van der Waals surface area contributed by atoms with Crippen molar-refractivity contribution in [1.82, 2.24) is 5.01 Å². The highest BCUT2D eigenvalue weighted by Gasteiger charge is 2.43. The van der Waals surface area contributed by atoms with Crippen LogP contribution in [0, 0.1) is 5.92 Å². The molecule has 1 aliphatic carbocycles. The number of thiophene rings is 2. The Bertz CT molecular complexity index is 1140. The molecule has 3 nitrogen and oxygen atoms in total. The SMILES string of the molecule is O=C(C=Cc1ccc(Cl)cc1)N1N=C2C(=Cc3cccs3)CCCC2C1c1cccs1. The van der Waals surface area contributed by atoms with E-state index in [4.69, 9.17) is 16.7 Å². The fourth-order valence-electron chi connectivity index (χ4n) is 4.28. The van der Waals surface area contributed by atoms with Crippen molar-refractivity contribution in [3.05, 3.63) is 91.3 Å². The summed E-state index contributed by atoms with van der Waals surface area (Å²) in [6, 6.07) is 15.8. The van der Waals surface area contributed by atoms with Crippen LogP contribution in [-0.2, 0) is 4.79 Å². The number of amides is 1. The first kappa shape index (κ1) is 20.4. The van der Waals surface area contributed by atoms with Crippen molar-refractivity contribution >= 4 is 58.0 Å². The maximum atomic E-state index is 13.3. The lowest BCUT2D eigenvalue weighted by molar-refractivity contribution is -0.128. The average Bonchev–Trinajstić information content (AvgIpc) is 3.54. The number of hydrogen-bond acceptors (Lipinski definition) is 4. The Hall–Kier alpha value is -2.47. The minimum Gasteiger partial charge on any atom is -0.268 e. The van der Waals surface area contributed by atoms with Gasteiger partial charge in [-0.15, -0.1) is 22.7 Å². The van der Waals surface area contributed by atoms with E-state index in [2.05, 4.69) is 41.1 Å². The molecule has 2 aromatic heterocycles. The summed E-state index contributed by atoms with van der Waals surface area (Å²) in [5.74, 6) is 0.150. The van der Waals surface area contributed by atoms with E-state index in [1.807, 2.05) is 30.3 Å². The van der Waals surface area contributed by atoms with Crippen molar-refractivity contribution in [3.8, 4) is 0 Å². The molecule has 31 heavy (non-hydrogen) atoms. The molecule has 1 aromatic carbocycles. The highest BCUT2D eigenvalue weighted by Crippen LogP contribution is 2.45. The van der Waals surface area contributed by atoms with Crippen molar-refractivity contribution in [1.29, 1.82) is 0 Å². The first-order valence-electron chi connectivity index (χ1n) is 10.3. The summed E-state index contributed by atoms with van der Waals surface area (Å²) in [6.45, 7) is 0. The van der Waals surface area contributed by atoms with Crippen LogP contribution in [-0.4, -0.2) is 16.6 Å². The van der Waals surface area contributed by atoms with Crippen LogP contribution in [0.15, 0.2) is 76.0 Å². The predicted molar refractivity (Wildman–Crippen MR) is 131 cm³/mol. The Morgan fingerprint density at radius 2 is 1.90 bits per heavy atom. The normalized spacial score (nSPS) is 22.2. The van der Waals surface area contributed by atoms with Gasteiger partial charge in [-0.1, -0.05) is 35.9 Å². The van der Waals surface area contributed by atoms with Gasteiger partial charge in [-0.3, -0.25) is 4.79 Å². The highest BCUT2D eigenvalue weighted by molar-refractivity contribution is 7.11. The van der Waals surface area contributed by atoms with Crippen molar-refractivity contribution in [2.75, 3.05) is 0 Å². The number of benzene rings is 1. The number of nitrogens with zero attached hydrogens (tertiary/aromatic N) is 2. The standard InChI is InChI=1S/C25H21ClN2OS2/c26-19-11-8-17(9-12-19)10-13-23(29)28-25(22-7-3-15-31-22)21-6-1-4-18(24(21)27-28)16-20-5-2-14-30-20/h2-3,5,7-16,21,25H,1,4,6H2. The maximum absolute atomic E-state index is 13.3. The third kappa shape index (κ3) is 4.31. The van der Waals surface area contributed by atoms with Gasteiger partial charge in [-0.2, -0.15) is 5.10 Å². The van der Waals surface area contributed by atoms with Gasteiger partial charge in [0.25, 0.3) is 5.91 Å². The van der Waals surface area contributed by atoms with Crippen LogP contribution >= 0.6 is 34.3 Å². The predicted octanol–water partition coefficient (Wildman–Crippen LogP) is 7.30. The molecule has 5 rings (SSSR count). The molecule has 0 spiro atoms. The fraction of sp³-hybridized carbons (Fsp3) is 0.200. The molecule has 0 N–H and O–H groups in total. The van der Waals surface area contributed by atoms with Gasteiger partial charge < -0.3 is 0 Å². The Morgan fingerprint density at radius 1 is 1.10 bits per heavy atom. The molecule has 2 unspecified atom stereocenters. The average molecular weight is 465 g/mol. The van der Waals surface area contributed by atoms with E-state index in [0.29, 0.717) is 5.02 Å². The van der Waals surface area contributed by atoms with Gasteiger partial charge in [0.05, 0.1) is 11.8 Å². The number of hydrogen-bond donors (Lipinski definition) is 0. The quantitative estimate of drug-likeness (QED) is 0.373. The summed E-state index contributed by atoms with van der Waals surface area (Å²) in [4.78, 5) is 15.7. The Labute approximate surface area is 195 Å². The molecule has 1 fully saturated rings. The highest BCUT2D eigenvalue weighted by atomic mass is 35.5. The van der Waals surface area contributed by atoms with Crippen LogP contribution in [0.3, 0.4) is 0 Å². The van der Waals surface area contributed by atoms with Gasteiger partial charge in [0.15, 0.2) is 0 Å². The summed E-state index contributed by atoms with van der Waals surface area (Å²) in [5.41, 5.74) is 3.27. The largest absolute Gasteiger partial charge is 0.268 e. The molecule has 0 radical (unpaired) electrons. The van der Waals surface area contributed by atoms with Crippen LogP contribution in [0.5, 0.6) is 0 Å². The van der Waals surface area contributed by atoms with E-state index in [1.54, 1.807) is 33.8 Å². The van der Waals surface area contributed by atoms with Gasteiger partial charge in [0, 0.05) is 26.8 Å². The summed E-state index contributed by atoms with van der Waals surface area (Å²) >= 11 is 9.40. The van der Waals surface area contributed by atoms with Crippen molar-refractivity contribution in [2.45, 2.75) is 25.3 Å². The van der Waals surface area contributed by atoms with Crippen molar-refractivity contribution < 1.29 is 4.79 Å². The smallest absolute Gasteiger partial charge is 0.267 e. The summed E-state index contributed by atoms with van der Waals surface area (Å²) < 4.78 is 0. The minimum atomic E-state index is -0.0919. The van der Waals surface area contributed by atoms with E-state index in [9.17, 15) is 4.79 Å². The molecule has 2 atom stereocenters. The topological polar surface area (TPSA) is 32.7 Å². The zero-order chi connectivity index (χ0) is 21.2. The van der Waals surface area contributed by atoms with E-state index in [0.717, 1.165) is 30.5 Å². The van der Waals surface area contributed by atoms with Crippen molar-refractivity contribution in [3.63, 3.8) is 0 Å². The van der Waals surface area contributed by atoms with Gasteiger partial charge in [0.2, 0.25) is 0 Å². The molecule has 156 valence electrons. The van der Waals surface area contributed by atoms with E-state index < -0.39 is 0 Å². The number of allylic oxidation sites excluding steroid dienone is 1. The summed E-state index contributed by atoms with van der Waals surface area (Å²) in [6.07, 6.45) is 8.87. The van der Waals surface area contributed by atoms with Crippen LogP contribution in [0.2, 0.25) is 5.02 Å². The second kappa shape index (κ2) is 8.95. The zero-order valence-corrected chi connectivity index (χ0v) is 19.2. The lowest BCUT2D eigenvalue weighted by atomic mass is 9.79. The zero-order valence-electron chi connectivity index (χ0n) is 16.8. The number of fused-ring (bicyclic) bond motifs is 1. The third-order valence-electron chi connectivity index (χ3n) is 5.71. The van der Waals surface area contributed by atoms with Crippen LogP contribution < -0.4 is 0 Å². The van der Waals surface area contributed by atoms with Gasteiger partial charge in [-0.25, -0.2) is 5.01 Å². The van der Waals surface area contributed by atoms with Crippen molar-refractivity contribution in [2.24, 2.45) is 11.0 Å². The van der Waals surface area contributed by atoms with E-state index in [-0.39, 0.29) is 17.9 Å².